The predicted octanol–water partition coefficient (Wildman–Crippen LogP) is 3.65. The van der Waals surface area contributed by atoms with Gasteiger partial charge in [-0.3, -0.25) is 4.68 Å². The normalized spacial score (nSPS) is 20.8. The van der Waals surface area contributed by atoms with Crippen molar-refractivity contribution in [2.75, 3.05) is 7.05 Å². The standard InChI is InChI=1S/C17H22BrN3/c1-4-21-15(16(18)11(2)20-21)10-13-9-12-7-5-6-8-14(12)17(13)19-3/h5-8,13,17,19H,4,9-10H2,1-3H3. The molecule has 3 rings (SSSR count). The number of benzene rings is 1. The molecule has 0 amide bonds. The molecule has 1 aromatic carbocycles. The summed E-state index contributed by atoms with van der Waals surface area (Å²) in [5.41, 5.74) is 5.36. The minimum Gasteiger partial charge on any atom is -0.313 e. The Kier molecular flexibility index (Phi) is 4.18. The van der Waals surface area contributed by atoms with Gasteiger partial charge in [-0.05, 0) is 66.7 Å². The third-order valence-electron chi connectivity index (χ3n) is 4.56. The van der Waals surface area contributed by atoms with Crippen molar-refractivity contribution in [3.05, 3.63) is 51.3 Å². The Morgan fingerprint density at radius 2 is 2.14 bits per heavy atom. The summed E-state index contributed by atoms with van der Waals surface area (Å²) in [6.07, 6.45) is 2.19. The van der Waals surface area contributed by atoms with Crippen LogP contribution in [0.1, 0.15) is 35.5 Å². The topological polar surface area (TPSA) is 29.9 Å². The molecule has 3 nitrogen and oxygen atoms in total. The molecular weight excluding hydrogens is 326 g/mol. The van der Waals surface area contributed by atoms with Gasteiger partial charge in [0, 0.05) is 12.6 Å². The van der Waals surface area contributed by atoms with E-state index in [2.05, 4.69) is 76.2 Å². The third-order valence-corrected chi connectivity index (χ3v) is 5.59. The monoisotopic (exact) mass is 347 g/mol. The van der Waals surface area contributed by atoms with Crippen molar-refractivity contribution >= 4 is 15.9 Å². The molecular formula is C17H22BrN3. The van der Waals surface area contributed by atoms with Gasteiger partial charge in [-0.2, -0.15) is 5.10 Å². The summed E-state index contributed by atoms with van der Waals surface area (Å²) in [7, 11) is 2.07. The molecule has 1 N–H and O–H groups in total. The number of fused-ring (bicyclic) bond motifs is 1. The number of aromatic nitrogens is 2. The highest BCUT2D eigenvalue weighted by molar-refractivity contribution is 9.10. The van der Waals surface area contributed by atoms with E-state index in [9.17, 15) is 0 Å². The average molecular weight is 348 g/mol. The van der Waals surface area contributed by atoms with Gasteiger partial charge >= 0.3 is 0 Å². The molecule has 1 aliphatic rings. The van der Waals surface area contributed by atoms with Crippen LogP contribution in [0.4, 0.5) is 0 Å². The van der Waals surface area contributed by atoms with Gasteiger partial charge in [-0.15, -0.1) is 0 Å². The van der Waals surface area contributed by atoms with Crippen molar-refractivity contribution in [1.82, 2.24) is 15.1 Å². The van der Waals surface area contributed by atoms with Gasteiger partial charge in [0.15, 0.2) is 0 Å². The van der Waals surface area contributed by atoms with Crippen LogP contribution in [0, 0.1) is 12.8 Å². The molecule has 4 heteroatoms. The largest absolute Gasteiger partial charge is 0.313 e. The van der Waals surface area contributed by atoms with Crippen LogP contribution in [0.2, 0.25) is 0 Å². The fourth-order valence-corrected chi connectivity index (χ4v) is 4.02. The highest BCUT2D eigenvalue weighted by Gasteiger charge is 2.32. The maximum atomic E-state index is 4.62. The number of halogens is 1. The maximum absolute atomic E-state index is 4.62. The van der Waals surface area contributed by atoms with Gasteiger partial charge in [-0.1, -0.05) is 24.3 Å². The molecule has 1 aromatic heterocycles. The molecule has 1 aliphatic carbocycles. The van der Waals surface area contributed by atoms with E-state index in [1.165, 1.54) is 21.3 Å². The van der Waals surface area contributed by atoms with Crippen molar-refractivity contribution in [2.45, 2.75) is 39.3 Å². The minimum absolute atomic E-state index is 0.439. The van der Waals surface area contributed by atoms with E-state index in [-0.39, 0.29) is 0 Å². The first-order valence-electron chi connectivity index (χ1n) is 7.62. The number of rotatable bonds is 4. The highest BCUT2D eigenvalue weighted by Crippen LogP contribution is 2.38. The number of hydrogen-bond acceptors (Lipinski definition) is 2. The smallest absolute Gasteiger partial charge is 0.0738 e. The number of nitrogens with zero attached hydrogens (tertiary/aromatic N) is 2. The first kappa shape index (κ1) is 14.8. The number of nitrogens with one attached hydrogen (secondary N) is 1. The van der Waals surface area contributed by atoms with Crippen molar-refractivity contribution in [1.29, 1.82) is 0 Å². The second-order valence-corrected chi connectivity index (χ2v) is 6.59. The zero-order valence-electron chi connectivity index (χ0n) is 12.9. The summed E-state index contributed by atoms with van der Waals surface area (Å²) < 4.78 is 3.31. The van der Waals surface area contributed by atoms with Gasteiger partial charge in [0.05, 0.1) is 15.9 Å². The maximum Gasteiger partial charge on any atom is 0.0738 e. The average Bonchev–Trinajstić information content (AvgIpc) is 2.98. The number of aryl methyl sites for hydroxylation is 2. The Balaban J connectivity index is 1.90. The van der Waals surface area contributed by atoms with Crippen LogP contribution < -0.4 is 5.32 Å². The SMILES string of the molecule is CCn1nc(C)c(Br)c1CC1Cc2ccccc2C1NC. The summed E-state index contributed by atoms with van der Waals surface area (Å²) in [6.45, 7) is 5.14. The van der Waals surface area contributed by atoms with E-state index in [1.807, 2.05) is 0 Å². The Morgan fingerprint density at radius 3 is 2.86 bits per heavy atom. The molecule has 21 heavy (non-hydrogen) atoms. The lowest BCUT2D eigenvalue weighted by Crippen LogP contribution is -2.24. The molecule has 2 aromatic rings. The zero-order chi connectivity index (χ0) is 15.0. The first-order chi connectivity index (χ1) is 10.2. The Bertz CT molecular complexity index is 647. The van der Waals surface area contributed by atoms with Gasteiger partial charge in [0.25, 0.3) is 0 Å². The van der Waals surface area contributed by atoms with Crippen LogP contribution in [0.5, 0.6) is 0 Å². The molecule has 0 saturated heterocycles. The molecule has 0 aliphatic heterocycles. The summed E-state index contributed by atoms with van der Waals surface area (Å²) in [4.78, 5) is 0. The van der Waals surface area contributed by atoms with Crippen LogP contribution in [0.25, 0.3) is 0 Å². The second-order valence-electron chi connectivity index (χ2n) is 5.80. The number of hydrogen-bond donors (Lipinski definition) is 1. The van der Waals surface area contributed by atoms with E-state index in [0.717, 1.165) is 25.1 Å². The van der Waals surface area contributed by atoms with E-state index in [0.29, 0.717) is 12.0 Å². The quantitative estimate of drug-likeness (QED) is 0.914. The molecule has 1 heterocycles. The van der Waals surface area contributed by atoms with Gasteiger partial charge in [0.1, 0.15) is 0 Å². The van der Waals surface area contributed by atoms with Crippen LogP contribution in [0.3, 0.4) is 0 Å². The predicted molar refractivity (Wildman–Crippen MR) is 89.5 cm³/mol. The highest BCUT2D eigenvalue weighted by atomic mass is 79.9. The Morgan fingerprint density at radius 1 is 1.38 bits per heavy atom. The van der Waals surface area contributed by atoms with E-state index < -0.39 is 0 Å². The lowest BCUT2D eigenvalue weighted by molar-refractivity contribution is 0.398. The fourth-order valence-electron chi connectivity index (χ4n) is 3.57. The van der Waals surface area contributed by atoms with Gasteiger partial charge in [-0.25, -0.2) is 0 Å². The third kappa shape index (κ3) is 2.55. The second kappa shape index (κ2) is 5.93. The lowest BCUT2D eigenvalue weighted by atomic mass is 9.95. The molecule has 0 spiro atoms. The first-order valence-corrected chi connectivity index (χ1v) is 8.41. The zero-order valence-corrected chi connectivity index (χ0v) is 14.4. The van der Waals surface area contributed by atoms with Crippen LogP contribution in [-0.4, -0.2) is 16.8 Å². The van der Waals surface area contributed by atoms with E-state index >= 15 is 0 Å². The van der Waals surface area contributed by atoms with Crippen molar-refractivity contribution in [3.63, 3.8) is 0 Å². The molecule has 0 radical (unpaired) electrons. The Labute approximate surface area is 134 Å². The summed E-state index contributed by atoms with van der Waals surface area (Å²) in [6, 6.07) is 9.24. The van der Waals surface area contributed by atoms with Gasteiger partial charge < -0.3 is 5.32 Å². The van der Waals surface area contributed by atoms with Crippen LogP contribution in [0.15, 0.2) is 28.7 Å². The molecule has 0 fully saturated rings. The van der Waals surface area contributed by atoms with Gasteiger partial charge in [0.2, 0.25) is 0 Å². The molecule has 2 unspecified atom stereocenters. The summed E-state index contributed by atoms with van der Waals surface area (Å²) >= 11 is 3.72. The van der Waals surface area contributed by atoms with Crippen molar-refractivity contribution in [2.24, 2.45) is 5.92 Å². The molecule has 0 bridgehead atoms. The lowest BCUT2D eigenvalue weighted by Gasteiger charge is -2.20. The molecule has 112 valence electrons. The summed E-state index contributed by atoms with van der Waals surface area (Å²) in [5.74, 6) is 0.588. The van der Waals surface area contributed by atoms with Crippen LogP contribution in [-0.2, 0) is 19.4 Å². The minimum atomic E-state index is 0.439. The van der Waals surface area contributed by atoms with Crippen molar-refractivity contribution in [3.8, 4) is 0 Å². The van der Waals surface area contributed by atoms with Crippen LogP contribution >= 0.6 is 15.9 Å². The van der Waals surface area contributed by atoms with E-state index in [4.69, 9.17) is 0 Å². The Hall–Kier alpha value is -1.13. The van der Waals surface area contributed by atoms with Crippen molar-refractivity contribution < 1.29 is 0 Å². The fraction of sp³-hybridized carbons (Fsp3) is 0.471. The molecule has 2 atom stereocenters. The molecule has 0 saturated carbocycles. The summed E-state index contributed by atoms with van der Waals surface area (Å²) in [5, 5.41) is 8.13. The van der Waals surface area contributed by atoms with E-state index in [1.54, 1.807) is 0 Å².